The van der Waals surface area contributed by atoms with Crippen LogP contribution in [0.5, 0.6) is 0 Å². The van der Waals surface area contributed by atoms with Crippen molar-refractivity contribution in [1.29, 1.82) is 0 Å². The number of hydrogen-bond donors (Lipinski definition) is 0. The van der Waals surface area contributed by atoms with Gasteiger partial charge in [0.25, 0.3) is 0 Å². The lowest BCUT2D eigenvalue weighted by molar-refractivity contribution is 0.989. The van der Waals surface area contributed by atoms with Gasteiger partial charge >= 0.3 is 0 Å². The highest BCUT2D eigenvalue weighted by Gasteiger charge is 1.87. The molecule has 0 bridgehead atoms. The first-order valence-electron chi connectivity index (χ1n) is 3.56. The standard InChI is InChI=1S/C6H9N.C2H6/c1-6-3-2-4-7-5-6;1-2/h3,5H,2,4H2,1H3;1-2H3. The van der Waals surface area contributed by atoms with Gasteiger partial charge in [-0.3, -0.25) is 4.99 Å². The van der Waals surface area contributed by atoms with Gasteiger partial charge in [0.05, 0.1) is 0 Å². The van der Waals surface area contributed by atoms with E-state index in [1.165, 1.54) is 5.57 Å². The average Bonchev–Trinajstić information content (AvgIpc) is 1.94. The van der Waals surface area contributed by atoms with Gasteiger partial charge in [-0.1, -0.05) is 19.9 Å². The van der Waals surface area contributed by atoms with Gasteiger partial charge in [0, 0.05) is 12.8 Å². The lowest BCUT2D eigenvalue weighted by Crippen LogP contribution is -1.88. The summed E-state index contributed by atoms with van der Waals surface area (Å²) >= 11 is 0. The van der Waals surface area contributed by atoms with E-state index in [-0.39, 0.29) is 0 Å². The summed E-state index contributed by atoms with van der Waals surface area (Å²) in [4.78, 5) is 4.06. The molecule has 1 nitrogen and oxygen atoms in total. The van der Waals surface area contributed by atoms with Gasteiger partial charge < -0.3 is 0 Å². The van der Waals surface area contributed by atoms with E-state index >= 15 is 0 Å². The first-order chi connectivity index (χ1) is 4.39. The topological polar surface area (TPSA) is 12.4 Å². The molecule has 1 heteroatoms. The molecule has 0 aliphatic carbocycles. The third-order valence-electron chi connectivity index (χ3n) is 1.02. The van der Waals surface area contributed by atoms with Crippen LogP contribution in [0.3, 0.4) is 0 Å². The van der Waals surface area contributed by atoms with E-state index in [9.17, 15) is 0 Å². The van der Waals surface area contributed by atoms with Crippen LogP contribution in [0.25, 0.3) is 0 Å². The van der Waals surface area contributed by atoms with Gasteiger partial charge in [0.1, 0.15) is 0 Å². The molecule has 0 aromatic heterocycles. The van der Waals surface area contributed by atoms with Crippen LogP contribution in [0.1, 0.15) is 27.2 Å². The van der Waals surface area contributed by atoms with Crippen LogP contribution < -0.4 is 0 Å². The van der Waals surface area contributed by atoms with E-state index in [4.69, 9.17) is 0 Å². The van der Waals surface area contributed by atoms with Crippen molar-refractivity contribution in [2.24, 2.45) is 4.99 Å². The molecule has 0 saturated carbocycles. The fourth-order valence-electron chi connectivity index (χ4n) is 0.628. The molecule has 1 rings (SSSR count). The molecule has 0 aromatic rings. The lowest BCUT2D eigenvalue weighted by atomic mass is 10.2. The number of aliphatic imine (C=N–C) groups is 1. The summed E-state index contributed by atoms with van der Waals surface area (Å²) in [6.45, 7) is 7.06. The van der Waals surface area contributed by atoms with Crippen LogP contribution in [0.15, 0.2) is 16.6 Å². The molecule has 1 heterocycles. The Balaban J connectivity index is 0.000000291. The van der Waals surface area contributed by atoms with Gasteiger partial charge in [0.2, 0.25) is 0 Å². The molecular formula is C8H15N. The maximum absolute atomic E-state index is 4.06. The normalized spacial score (nSPS) is 15.7. The largest absolute Gasteiger partial charge is 0.293 e. The van der Waals surface area contributed by atoms with Crippen molar-refractivity contribution in [3.63, 3.8) is 0 Å². The molecule has 0 amide bonds. The zero-order valence-electron chi connectivity index (χ0n) is 6.52. The van der Waals surface area contributed by atoms with E-state index in [1.807, 2.05) is 20.1 Å². The molecule has 0 saturated heterocycles. The first-order valence-corrected chi connectivity index (χ1v) is 3.56. The maximum Gasteiger partial charge on any atom is 0.0424 e. The lowest BCUT2D eigenvalue weighted by Gasteiger charge is -1.96. The summed E-state index contributed by atoms with van der Waals surface area (Å²) in [5.74, 6) is 0. The Morgan fingerprint density at radius 3 is 2.33 bits per heavy atom. The van der Waals surface area contributed by atoms with Crippen molar-refractivity contribution >= 4 is 6.21 Å². The molecule has 0 radical (unpaired) electrons. The SMILES string of the molecule is CC.CC1=CCCN=C1. The smallest absolute Gasteiger partial charge is 0.0424 e. The first kappa shape index (κ1) is 8.41. The predicted molar refractivity (Wildman–Crippen MR) is 43.1 cm³/mol. The van der Waals surface area contributed by atoms with Gasteiger partial charge in [0.15, 0.2) is 0 Å². The Bertz CT molecular complexity index is 112. The third kappa shape index (κ3) is 3.95. The van der Waals surface area contributed by atoms with Crippen LogP contribution in [0, 0.1) is 0 Å². The minimum atomic E-state index is 0.983. The van der Waals surface area contributed by atoms with E-state index in [2.05, 4.69) is 18.0 Å². The molecule has 0 spiro atoms. The van der Waals surface area contributed by atoms with E-state index in [0.717, 1.165) is 13.0 Å². The summed E-state index contributed by atoms with van der Waals surface area (Å²) < 4.78 is 0. The summed E-state index contributed by atoms with van der Waals surface area (Å²) in [7, 11) is 0. The van der Waals surface area contributed by atoms with Gasteiger partial charge in [-0.05, 0) is 18.9 Å². The fourth-order valence-corrected chi connectivity index (χ4v) is 0.628. The Morgan fingerprint density at radius 2 is 2.11 bits per heavy atom. The molecule has 0 unspecified atom stereocenters. The van der Waals surface area contributed by atoms with Crippen LogP contribution in [0.2, 0.25) is 0 Å². The Morgan fingerprint density at radius 1 is 1.44 bits per heavy atom. The van der Waals surface area contributed by atoms with Crippen LogP contribution in [-0.4, -0.2) is 12.8 Å². The molecular weight excluding hydrogens is 110 g/mol. The Kier molecular flexibility index (Phi) is 5.18. The number of rotatable bonds is 0. The molecule has 9 heavy (non-hydrogen) atoms. The van der Waals surface area contributed by atoms with Crippen LogP contribution in [0.4, 0.5) is 0 Å². The molecule has 0 fully saturated rings. The van der Waals surface area contributed by atoms with Crippen LogP contribution >= 0.6 is 0 Å². The highest BCUT2D eigenvalue weighted by molar-refractivity contribution is 5.78. The highest BCUT2D eigenvalue weighted by atomic mass is 14.7. The molecule has 0 aromatic carbocycles. The average molecular weight is 125 g/mol. The molecule has 52 valence electrons. The second kappa shape index (κ2) is 5.54. The quantitative estimate of drug-likeness (QED) is 0.471. The number of hydrogen-bond acceptors (Lipinski definition) is 1. The fraction of sp³-hybridized carbons (Fsp3) is 0.625. The maximum atomic E-state index is 4.06. The van der Waals surface area contributed by atoms with Crippen LogP contribution in [-0.2, 0) is 0 Å². The summed E-state index contributed by atoms with van der Waals surface area (Å²) in [5.41, 5.74) is 1.30. The van der Waals surface area contributed by atoms with Crippen molar-refractivity contribution in [2.75, 3.05) is 6.54 Å². The number of nitrogens with zero attached hydrogens (tertiary/aromatic N) is 1. The van der Waals surface area contributed by atoms with Crippen molar-refractivity contribution in [1.82, 2.24) is 0 Å². The van der Waals surface area contributed by atoms with E-state index in [0.29, 0.717) is 0 Å². The van der Waals surface area contributed by atoms with Crippen molar-refractivity contribution < 1.29 is 0 Å². The van der Waals surface area contributed by atoms with Gasteiger partial charge in [-0.2, -0.15) is 0 Å². The second-order valence-corrected chi connectivity index (χ2v) is 1.77. The highest BCUT2D eigenvalue weighted by Crippen LogP contribution is 1.97. The monoisotopic (exact) mass is 125 g/mol. The summed E-state index contributed by atoms with van der Waals surface area (Å²) in [6.07, 6.45) is 5.25. The van der Waals surface area contributed by atoms with Gasteiger partial charge in [-0.15, -0.1) is 0 Å². The Hall–Kier alpha value is -0.590. The molecule has 0 atom stereocenters. The van der Waals surface area contributed by atoms with E-state index in [1.54, 1.807) is 0 Å². The Labute approximate surface area is 57.5 Å². The van der Waals surface area contributed by atoms with Crippen molar-refractivity contribution in [3.8, 4) is 0 Å². The van der Waals surface area contributed by atoms with Crippen molar-refractivity contribution in [3.05, 3.63) is 11.6 Å². The summed E-state index contributed by atoms with van der Waals surface area (Å²) in [6, 6.07) is 0. The van der Waals surface area contributed by atoms with Crippen molar-refractivity contribution in [2.45, 2.75) is 27.2 Å². The molecule has 1 aliphatic rings. The summed E-state index contributed by atoms with van der Waals surface area (Å²) in [5, 5.41) is 0. The number of allylic oxidation sites excluding steroid dienone is 1. The van der Waals surface area contributed by atoms with E-state index < -0.39 is 0 Å². The zero-order chi connectivity index (χ0) is 7.11. The predicted octanol–water partition coefficient (Wildman–Crippen LogP) is 2.43. The minimum absolute atomic E-state index is 0.983. The third-order valence-corrected chi connectivity index (χ3v) is 1.02. The molecule has 1 aliphatic heterocycles. The van der Waals surface area contributed by atoms with Gasteiger partial charge in [-0.25, -0.2) is 0 Å². The number of dihydropyridines is 1. The second-order valence-electron chi connectivity index (χ2n) is 1.77. The minimum Gasteiger partial charge on any atom is -0.293 e. The molecule has 0 N–H and O–H groups in total. The zero-order valence-corrected chi connectivity index (χ0v) is 6.52.